The van der Waals surface area contributed by atoms with Gasteiger partial charge in [-0.1, -0.05) is 227 Å². The number of hydrogen-bond acceptors (Lipinski definition) is 6. The molecule has 0 aromatic heterocycles. The number of ether oxygens (including phenoxy) is 3. The fourth-order valence-electron chi connectivity index (χ4n) is 7.38. The number of carbonyl (C=O) groups is 3. The van der Waals surface area contributed by atoms with Gasteiger partial charge < -0.3 is 14.2 Å². The summed E-state index contributed by atoms with van der Waals surface area (Å²) in [6.45, 7) is 6.41. The van der Waals surface area contributed by atoms with Crippen molar-refractivity contribution in [2.75, 3.05) is 13.2 Å². The van der Waals surface area contributed by atoms with Crippen LogP contribution in [0.3, 0.4) is 0 Å². The van der Waals surface area contributed by atoms with Gasteiger partial charge in [-0.2, -0.15) is 0 Å². The Kier molecular flexibility index (Phi) is 51.9. The second-order valence-corrected chi connectivity index (χ2v) is 18.1. The van der Waals surface area contributed by atoms with Crippen LogP contribution in [0, 0.1) is 0 Å². The molecule has 0 spiro atoms. The van der Waals surface area contributed by atoms with Gasteiger partial charge in [0.25, 0.3) is 0 Å². The van der Waals surface area contributed by atoms with Crippen LogP contribution in [0.2, 0.25) is 0 Å². The molecule has 0 radical (unpaired) electrons. The molecular formula is C61H102O6. The van der Waals surface area contributed by atoms with Crippen LogP contribution in [0.25, 0.3) is 0 Å². The summed E-state index contributed by atoms with van der Waals surface area (Å²) in [6, 6.07) is 0. The van der Waals surface area contributed by atoms with Crippen molar-refractivity contribution in [3.63, 3.8) is 0 Å². The van der Waals surface area contributed by atoms with Gasteiger partial charge in [0.2, 0.25) is 0 Å². The van der Waals surface area contributed by atoms with Crippen molar-refractivity contribution >= 4 is 17.9 Å². The predicted octanol–water partition coefficient (Wildman–Crippen LogP) is 18.5. The van der Waals surface area contributed by atoms with E-state index in [1.807, 2.05) is 12.2 Å². The number of esters is 3. The highest BCUT2D eigenvalue weighted by Crippen LogP contribution is 2.14. The molecule has 0 rings (SSSR count). The van der Waals surface area contributed by atoms with E-state index in [0.717, 1.165) is 89.9 Å². The van der Waals surface area contributed by atoms with E-state index in [1.165, 1.54) is 116 Å². The third-order valence-electron chi connectivity index (χ3n) is 11.6. The Morgan fingerprint density at radius 1 is 0.313 bits per heavy atom. The molecule has 0 N–H and O–H groups in total. The smallest absolute Gasteiger partial charge is 0.306 e. The van der Waals surface area contributed by atoms with Crippen molar-refractivity contribution in [2.24, 2.45) is 0 Å². The molecule has 0 aliphatic heterocycles. The Balaban J connectivity index is 4.46. The monoisotopic (exact) mass is 931 g/mol. The molecular weight excluding hydrogens is 829 g/mol. The molecule has 0 unspecified atom stereocenters. The van der Waals surface area contributed by atoms with Gasteiger partial charge in [-0.15, -0.1) is 0 Å². The van der Waals surface area contributed by atoms with Crippen LogP contribution in [0.5, 0.6) is 0 Å². The Labute approximate surface area is 413 Å². The minimum atomic E-state index is -0.822. The molecule has 0 amide bonds. The lowest BCUT2D eigenvalue weighted by Gasteiger charge is -2.18. The highest BCUT2D eigenvalue weighted by Gasteiger charge is 2.19. The molecule has 0 aliphatic rings. The van der Waals surface area contributed by atoms with Crippen LogP contribution in [0.15, 0.2) is 97.2 Å². The van der Waals surface area contributed by atoms with E-state index < -0.39 is 12.1 Å². The lowest BCUT2D eigenvalue weighted by molar-refractivity contribution is -0.166. The molecule has 0 bridgehead atoms. The maximum Gasteiger partial charge on any atom is 0.306 e. The molecule has 382 valence electrons. The SMILES string of the molecule is CC/C=C\C/C=C\C/C=C\C/C=C\C/C=C\C/C=C\CCC(=O)O[C@@H](COC(=O)CCCCCCC/C=C\CCCC)COC(=O)CCCCCCCCCCC/C=C\CCCCCCCC. The van der Waals surface area contributed by atoms with E-state index in [4.69, 9.17) is 14.2 Å². The Bertz CT molecular complexity index is 1350. The van der Waals surface area contributed by atoms with Gasteiger partial charge in [0.15, 0.2) is 6.10 Å². The first-order valence-corrected chi connectivity index (χ1v) is 27.7. The van der Waals surface area contributed by atoms with E-state index in [9.17, 15) is 14.4 Å². The lowest BCUT2D eigenvalue weighted by Crippen LogP contribution is -2.30. The number of allylic oxidation sites excluding steroid dienone is 16. The molecule has 0 aliphatic carbocycles. The standard InChI is InChI=1S/C61H102O6/c1-4-7-10-13-16-19-22-24-26-28-30-32-34-36-39-42-45-48-51-54-60(63)66-57-58(56-65-59(62)53-50-47-44-41-38-21-18-15-12-9-6-3)67-61(64)55-52-49-46-43-40-37-35-33-31-29-27-25-23-20-17-14-11-8-5-2/h8,11,15,17-18,20,24-27,31,33,37,40,46,49,58H,4-7,9-10,12-14,16,19,21-23,28-30,32,34-36,38-39,41-45,47-48,50-57H2,1-3H3/b11-8-,18-15-,20-17-,26-24-,27-25-,33-31-,40-37-,49-46-/t58-/m0/s1. The first-order valence-electron chi connectivity index (χ1n) is 27.7. The van der Waals surface area contributed by atoms with Gasteiger partial charge in [-0.05, 0) is 103 Å². The van der Waals surface area contributed by atoms with E-state index in [1.54, 1.807) is 0 Å². The second-order valence-electron chi connectivity index (χ2n) is 18.1. The molecule has 6 heteroatoms. The van der Waals surface area contributed by atoms with Crippen LogP contribution in [-0.4, -0.2) is 37.2 Å². The fourth-order valence-corrected chi connectivity index (χ4v) is 7.38. The lowest BCUT2D eigenvalue weighted by atomic mass is 10.1. The molecule has 67 heavy (non-hydrogen) atoms. The summed E-state index contributed by atoms with van der Waals surface area (Å²) >= 11 is 0. The number of carbonyl (C=O) groups excluding carboxylic acids is 3. The second kappa shape index (κ2) is 54.9. The van der Waals surface area contributed by atoms with Crippen molar-refractivity contribution in [3.05, 3.63) is 97.2 Å². The van der Waals surface area contributed by atoms with Gasteiger partial charge in [0.1, 0.15) is 13.2 Å². The summed E-state index contributed by atoms with van der Waals surface area (Å²) in [5, 5.41) is 0. The highest BCUT2D eigenvalue weighted by atomic mass is 16.6. The predicted molar refractivity (Wildman–Crippen MR) is 288 cm³/mol. The first kappa shape index (κ1) is 63.3. The number of hydrogen-bond donors (Lipinski definition) is 0. The van der Waals surface area contributed by atoms with E-state index in [-0.39, 0.29) is 31.6 Å². The largest absolute Gasteiger partial charge is 0.462 e. The third kappa shape index (κ3) is 53.2. The summed E-state index contributed by atoms with van der Waals surface area (Å²) in [5.74, 6) is -1.01. The number of unbranched alkanes of at least 4 members (excludes halogenated alkanes) is 22. The molecule has 0 aromatic carbocycles. The maximum atomic E-state index is 12.8. The quantitative estimate of drug-likeness (QED) is 0.0262. The average molecular weight is 931 g/mol. The number of rotatable bonds is 49. The normalized spacial score (nSPS) is 12.8. The molecule has 0 saturated carbocycles. The molecule has 6 nitrogen and oxygen atoms in total. The van der Waals surface area contributed by atoms with Crippen molar-refractivity contribution in [3.8, 4) is 0 Å². The van der Waals surface area contributed by atoms with Crippen molar-refractivity contribution < 1.29 is 28.6 Å². The Hall–Kier alpha value is -3.67. The van der Waals surface area contributed by atoms with Gasteiger partial charge in [0, 0.05) is 19.3 Å². The first-order chi connectivity index (χ1) is 33.0. The summed E-state index contributed by atoms with van der Waals surface area (Å²) in [7, 11) is 0. The zero-order chi connectivity index (χ0) is 48.6. The van der Waals surface area contributed by atoms with Gasteiger partial charge in [0.05, 0.1) is 0 Å². The van der Waals surface area contributed by atoms with Crippen LogP contribution in [0.1, 0.15) is 252 Å². The van der Waals surface area contributed by atoms with Crippen LogP contribution < -0.4 is 0 Å². The van der Waals surface area contributed by atoms with Crippen LogP contribution >= 0.6 is 0 Å². The van der Waals surface area contributed by atoms with Gasteiger partial charge >= 0.3 is 17.9 Å². The van der Waals surface area contributed by atoms with Crippen LogP contribution in [0.4, 0.5) is 0 Å². The molecule has 0 heterocycles. The van der Waals surface area contributed by atoms with E-state index >= 15 is 0 Å². The van der Waals surface area contributed by atoms with E-state index in [0.29, 0.717) is 19.3 Å². The average Bonchev–Trinajstić information content (AvgIpc) is 3.33. The van der Waals surface area contributed by atoms with Crippen LogP contribution in [-0.2, 0) is 28.6 Å². The Morgan fingerprint density at radius 3 is 1.01 bits per heavy atom. The van der Waals surface area contributed by atoms with Crippen molar-refractivity contribution in [1.29, 1.82) is 0 Å². The van der Waals surface area contributed by atoms with Gasteiger partial charge in [-0.3, -0.25) is 14.4 Å². The minimum Gasteiger partial charge on any atom is -0.462 e. The topological polar surface area (TPSA) is 78.9 Å². The van der Waals surface area contributed by atoms with Gasteiger partial charge in [-0.25, -0.2) is 0 Å². The zero-order valence-electron chi connectivity index (χ0n) is 43.6. The third-order valence-corrected chi connectivity index (χ3v) is 11.6. The molecule has 0 fully saturated rings. The van der Waals surface area contributed by atoms with Crippen molar-refractivity contribution in [2.45, 2.75) is 258 Å². The van der Waals surface area contributed by atoms with Crippen molar-refractivity contribution in [1.82, 2.24) is 0 Å². The summed E-state index contributed by atoms with van der Waals surface area (Å²) in [6.07, 6.45) is 72.7. The minimum absolute atomic E-state index is 0.112. The fraction of sp³-hybridized carbons (Fsp3) is 0.689. The summed E-state index contributed by atoms with van der Waals surface area (Å²) in [4.78, 5) is 38.0. The maximum absolute atomic E-state index is 12.8. The summed E-state index contributed by atoms with van der Waals surface area (Å²) in [5.41, 5.74) is 0. The zero-order valence-corrected chi connectivity index (χ0v) is 43.6. The highest BCUT2D eigenvalue weighted by molar-refractivity contribution is 5.71. The molecule has 0 aromatic rings. The molecule has 0 saturated heterocycles. The Morgan fingerprint density at radius 2 is 0.627 bits per heavy atom. The molecule has 1 atom stereocenters. The summed E-state index contributed by atoms with van der Waals surface area (Å²) < 4.78 is 16.7. The van der Waals surface area contributed by atoms with E-state index in [2.05, 4.69) is 106 Å².